The number of hydrogen-bond acceptors (Lipinski definition) is 3. The van der Waals surface area contributed by atoms with Crippen molar-refractivity contribution in [1.82, 2.24) is 9.55 Å². The number of rotatable bonds is 5. The van der Waals surface area contributed by atoms with E-state index < -0.39 is 11.2 Å². The third-order valence-electron chi connectivity index (χ3n) is 3.83. The maximum absolute atomic E-state index is 12.0. The number of nitrogens with zero attached hydrogens (tertiary/aromatic N) is 1. The van der Waals surface area contributed by atoms with Gasteiger partial charge >= 0.3 is 5.69 Å². The van der Waals surface area contributed by atoms with Crippen LogP contribution >= 0.6 is 0 Å². The Morgan fingerprint density at radius 3 is 2.33 bits per heavy atom. The van der Waals surface area contributed by atoms with Crippen LogP contribution in [0, 0.1) is 5.92 Å². The lowest BCUT2D eigenvalue weighted by molar-refractivity contribution is 0.348. The lowest BCUT2D eigenvalue weighted by Gasteiger charge is -2.16. The molecule has 1 aromatic carbocycles. The van der Waals surface area contributed by atoms with Gasteiger partial charge < -0.3 is 5.11 Å². The van der Waals surface area contributed by atoms with E-state index in [4.69, 9.17) is 0 Å². The molecule has 2 N–H and O–H groups in total. The Balaban J connectivity index is 2.58. The standard InChI is InChI=1S/C16H20N2O3/c1-3-11(4-2)10-18-15(20)13(14(19)17-16(18)21)12-8-6-5-7-9-12/h5-9,11,20H,3-4,10H2,1-2H3,(H,17,19,21). The predicted octanol–water partition coefficient (Wildman–Crippen LogP) is 2.35. The highest BCUT2D eigenvalue weighted by Gasteiger charge is 2.17. The van der Waals surface area contributed by atoms with Crippen LogP contribution in [-0.4, -0.2) is 14.7 Å². The monoisotopic (exact) mass is 288 g/mol. The molecular formula is C16H20N2O3. The third kappa shape index (κ3) is 3.07. The highest BCUT2D eigenvalue weighted by molar-refractivity contribution is 5.67. The van der Waals surface area contributed by atoms with Crippen LogP contribution in [-0.2, 0) is 6.54 Å². The summed E-state index contributed by atoms with van der Waals surface area (Å²) >= 11 is 0. The van der Waals surface area contributed by atoms with Crippen LogP contribution in [0.25, 0.3) is 11.1 Å². The van der Waals surface area contributed by atoms with Crippen molar-refractivity contribution in [3.63, 3.8) is 0 Å². The van der Waals surface area contributed by atoms with Gasteiger partial charge in [-0.2, -0.15) is 0 Å². The second-order valence-corrected chi connectivity index (χ2v) is 5.12. The molecule has 0 aliphatic carbocycles. The molecule has 1 heterocycles. The number of aromatic hydroxyl groups is 1. The lowest BCUT2D eigenvalue weighted by atomic mass is 10.0. The molecule has 0 unspecified atom stereocenters. The largest absolute Gasteiger partial charge is 0.494 e. The number of nitrogens with one attached hydrogen (secondary N) is 1. The minimum absolute atomic E-state index is 0.140. The van der Waals surface area contributed by atoms with Gasteiger partial charge in [0.1, 0.15) is 5.56 Å². The van der Waals surface area contributed by atoms with E-state index >= 15 is 0 Å². The van der Waals surface area contributed by atoms with Crippen LogP contribution in [0.4, 0.5) is 0 Å². The molecule has 5 heteroatoms. The van der Waals surface area contributed by atoms with E-state index in [-0.39, 0.29) is 17.4 Å². The van der Waals surface area contributed by atoms with Gasteiger partial charge in [0.2, 0.25) is 5.88 Å². The van der Waals surface area contributed by atoms with Crippen LogP contribution in [0.2, 0.25) is 0 Å². The summed E-state index contributed by atoms with van der Waals surface area (Å²) in [6, 6.07) is 8.86. The van der Waals surface area contributed by atoms with Crippen molar-refractivity contribution in [2.75, 3.05) is 0 Å². The molecule has 21 heavy (non-hydrogen) atoms. The first-order valence-electron chi connectivity index (χ1n) is 7.19. The fourth-order valence-corrected chi connectivity index (χ4v) is 2.40. The summed E-state index contributed by atoms with van der Waals surface area (Å²) in [6.07, 6.45) is 1.81. The Bertz CT molecular complexity index is 713. The van der Waals surface area contributed by atoms with E-state index in [1.54, 1.807) is 24.3 Å². The fourth-order valence-electron chi connectivity index (χ4n) is 2.40. The van der Waals surface area contributed by atoms with Crippen LogP contribution < -0.4 is 11.2 Å². The van der Waals surface area contributed by atoms with E-state index in [0.29, 0.717) is 12.1 Å². The Labute approximate surface area is 122 Å². The van der Waals surface area contributed by atoms with Gasteiger partial charge in [0, 0.05) is 6.54 Å². The van der Waals surface area contributed by atoms with E-state index in [2.05, 4.69) is 4.98 Å². The van der Waals surface area contributed by atoms with Crippen LogP contribution in [0.3, 0.4) is 0 Å². The third-order valence-corrected chi connectivity index (χ3v) is 3.83. The first-order chi connectivity index (χ1) is 10.1. The molecule has 0 saturated carbocycles. The lowest BCUT2D eigenvalue weighted by Crippen LogP contribution is -2.32. The molecule has 0 aliphatic heterocycles. The van der Waals surface area contributed by atoms with Gasteiger partial charge in [-0.15, -0.1) is 0 Å². The Morgan fingerprint density at radius 1 is 1.14 bits per heavy atom. The average Bonchev–Trinajstić information content (AvgIpc) is 2.48. The number of benzene rings is 1. The Morgan fingerprint density at radius 2 is 1.76 bits per heavy atom. The summed E-state index contributed by atoms with van der Waals surface area (Å²) < 4.78 is 1.25. The van der Waals surface area contributed by atoms with Crippen molar-refractivity contribution < 1.29 is 5.11 Å². The first-order valence-corrected chi connectivity index (χ1v) is 7.19. The molecule has 2 rings (SSSR count). The molecule has 5 nitrogen and oxygen atoms in total. The fraction of sp³-hybridized carbons (Fsp3) is 0.375. The van der Waals surface area contributed by atoms with Gasteiger partial charge in [0.05, 0.1) is 0 Å². The molecule has 1 aromatic heterocycles. The summed E-state index contributed by atoms with van der Waals surface area (Å²) in [6.45, 7) is 4.48. The van der Waals surface area contributed by atoms with Crippen molar-refractivity contribution in [3.8, 4) is 17.0 Å². The van der Waals surface area contributed by atoms with Crippen LogP contribution in [0.15, 0.2) is 39.9 Å². The summed E-state index contributed by atoms with van der Waals surface area (Å²) in [7, 11) is 0. The highest BCUT2D eigenvalue weighted by atomic mass is 16.3. The molecule has 0 fully saturated rings. The van der Waals surface area contributed by atoms with Crippen molar-refractivity contribution >= 4 is 0 Å². The zero-order chi connectivity index (χ0) is 15.4. The van der Waals surface area contributed by atoms with Crippen molar-refractivity contribution in [2.45, 2.75) is 33.2 Å². The molecule has 0 amide bonds. The van der Waals surface area contributed by atoms with E-state index in [0.717, 1.165) is 12.8 Å². The quantitative estimate of drug-likeness (QED) is 0.886. The van der Waals surface area contributed by atoms with E-state index in [9.17, 15) is 14.7 Å². The summed E-state index contributed by atoms with van der Waals surface area (Å²) in [4.78, 5) is 26.3. The van der Waals surface area contributed by atoms with E-state index in [1.165, 1.54) is 4.57 Å². The smallest absolute Gasteiger partial charge is 0.331 e. The topological polar surface area (TPSA) is 75.1 Å². The second-order valence-electron chi connectivity index (χ2n) is 5.12. The zero-order valence-corrected chi connectivity index (χ0v) is 12.3. The van der Waals surface area contributed by atoms with Gasteiger partial charge in [-0.05, 0) is 11.5 Å². The minimum atomic E-state index is -0.566. The SMILES string of the molecule is CCC(CC)Cn1c(O)c(-c2ccccc2)c(=O)[nH]c1=O. The highest BCUT2D eigenvalue weighted by Crippen LogP contribution is 2.24. The molecule has 0 aliphatic rings. The summed E-state index contributed by atoms with van der Waals surface area (Å²) in [5.41, 5.74) is -0.399. The van der Waals surface area contributed by atoms with Gasteiger partial charge in [0.15, 0.2) is 0 Å². The molecule has 0 radical (unpaired) electrons. The zero-order valence-electron chi connectivity index (χ0n) is 12.3. The second kappa shape index (κ2) is 6.43. The average molecular weight is 288 g/mol. The molecule has 0 atom stereocenters. The Hall–Kier alpha value is -2.30. The molecule has 112 valence electrons. The molecule has 0 spiro atoms. The van der Waals surface area contributed by atoms with Gasteiger partial charge in [-0.1, -0.05) is 57.0 Å². The molecule has 0 saturated heterocycles. The summed E-state index contributed by atoms with van der Waals surface area (Å²) in [5.74, 6) is 0.0185. The van der Waals surface area contributed by atoms with Crippen molar-refractivity contribution in [2.24, 2.45) is 5.92 Å². The summed E-state index contributed by atoms with van der Waals surface area (Å²) in [5, 5.41) is 10.4. The van der Waals surface area contributed by atoms with Gasteiger partial charge in [0.25, 0.3) is 5.56 Å². The first kappa shape index (κ1) is 15.1. The van der Waals surface area contributed by atoms with Gasteiger partial charge in [-0.25, -0.2) is 4.79 Å². The number of aromatic amines is 1. The number of aromatic nitrogens is 2. The number of H-pyrrole nitrogens is 1. The Kier molecular flexibility index (Phi) is 4.62. The van der Waals surface area contributed by atoms with Crippen molar-refractivity contribution in [1.29, 1.82) is 0 Å². The van der Waals surface area contributed by atoms with Gasteiger partial charge in [-0.3, -0.25) is 14.3 Å². The molecular weight excluding hydrogens is 268 g/mol. The minimum Gasteiger partial charge on any atom is -0.494 e. The van der Waals surface area contributed by atoms with E-state index in [1.807, 2.05) is 19.9 Å². The van der Waals surface area contributed by atoms with Crippen LogP contribution in [0.1, 0.15) is 26.7 Å². The maximum atomic E-state index is 12.0. The molecule has 0 bridgehead atoms. The van der Waals surface area contributed by atoms with Crippen molar-refractivity contribution in [3.05, 3.63) is 51.2 Å². The number of hydrogen-bond donors (Lipinski definition) is 2. The molecule has 2 aromatic rings. The predicted molar refractivity (Wildman–Crippen MR) is 82.5 cm³/mol. The normalized spacial score (nSPS) is 11.0. The van der Waals surface area contributed by atoms with Crippen LogP contribution in [0.5, 0.6) is 5.88 Å². The maximum Gasteiger partial charge on any atom is 0.331 e.